The first kappa shape index (κ1) is 15.9. The van der Waals surface area contributed by atoms with Crippen LogP contribution in [0, 0.1) is 0 Å². The van der Waals surface area contributed by atoms with Gasteiger partial charge in [0.1, 0.15) is 26.9 Å². The fourth-order valence-electron chi connectivity index (χ4n) is 2.10. The zero-order valence-electron chi connectivity index (χ0n) is 12.2. The molecule has 18 heavy (non-hydrogen) atoms. The Kier molecular flexibility index (Phi) is 9.48. The Balaban J connectivity index is 2.11. The van der Waals surface area contributed by atoms with E-state index in [9.17, 15) is 0 Å². The maximum Gasteiger partial charge on any atom is 0.103 e. The highest BCUT2D eigenvalue weighted by Gasteiger charge is 2.12. The van der Waals surface area contributed by atoms with Crippen LogP contribution >= 0.6 is 0 Å². The fourth-order valence-corrected chi connectivity index (χ4v) is 2.10. The van der Waals surface area contributed by atoms with Crippen LogP contribution in [0.4, 0.5) is 0 Å². The molecule has 1 aliphatic heterocycles. The van der Waals surface area contributed by atoms with Gasteiger partial charge in [-0.15, -0.1) is 0 Å². The molecule has 1 aliphatic rings. The van der Waals surface area contributed by atoms with Crippen molar-refractivity contribution in [1.29, 1.82) is 0 Å². The molecule has 4 heteroatoms. The van der Waals surface area contributed by atoms with E-state index in [-0.39, 0.29) is 0 Å². The first-order chi connectivity index (χ1) is 8.86. The number of nitrogens with zero attached hydrogens (tertiary/aromatic N) is 2. The molecule has 0 aliphatic carbocycles. The van der Waals surface area contributed by atoms with Gasteiger partial charge in [-0.25, -0.2) is 0 Å². The molecule has 0 spiro atoms. The summed E-state index contributed by atoms with van der Waals surface area (Å²) in [4.78, 5) is 4.50. The van der Waals surface area contributed by atoms with Crippen molar-refractivity contribution < 1.29 is 9.47 Å². The van der Waals surface area contributed by atoms with Crippen molar-refractivity contribution in [2.75, 3.05) is 40.0 Å². The van der Waals surface area contributed by atoms with Crippen LogP contribution in [-0.2, 0) is 9.47 Å². The maximum atomic E-state index is 5.73. The molecule has 0 aromatic carbocycles. The molecular formula is C14H30N2O2. The minimum absolute atomic E-state index is 0.702. The van der Waals surface area contributed by atoms with Crippen LogP contribution in [0.2, 0.25) is 0 Å². The molecule has 1 saturated heterocycles. The summed E-state index contributed by atoms with van der Waals surface area (Å²) in [7, 11) is 0. The SMILES string of the molecule is CCCCCN1COCN(CCCCC)COC1. The van der Waals surface area contributed by atoms with Gasteiger partial charge in [-0.1, -0.05) is 39.5 Å². The van der Waals surface area contributed by atoms with Gasteiger partial charge in [0.05, 0.1) is 0 Å². The summed E-state index contributed by atoms with van der Waals surface area (Å²) in [5.41, 5.74) is 0. The van der Waals surface area contributed by atoms with Gasteiger partial charge in [-0.05, 0) is 12.8 Å². The van der Waals surface area contributed by atoms with Crippen molar-refractivity contribution >= 4 is 0 Å². The van der Waals surface area contributed by atoms with Gasteiger partial charge < -0.3 is 9.47 Å². The van der Waals surface area contributed by atoms with E-state index >= 15 is 0 Å². The maximum absolute atomic E-state index is 5.73. The Labute approximate surface area is 112 Å². The lowest BCUT2D eigenvalue weighted by molar-refractivity contribution is -0.143. The first-order valence-electron chi connectivity index (χ1n) is 7.47. The molecule has 0 N–H and O–H groups in total. The summed E-state index contributed by atoms with van der Waals surface area (Å²) in [6, 6.07) is 0. The quantitative estimate of drug-likeness (QED) is 0.625. The van der Waals surface area contributed by atoms with Gasteiger partial charge in [0, 0.05) is 13.1 Å². The molecule has 0 saturated carbocycles. The summed E-state index contributed by atoms with van der Waals surface area (Å²) in [5.74, 6) is 0. The Morgan fingerprint density at radius 3 is 1.39 bits per heavy atom. The van der Waals surface area contributed by atoms with Crippen molar-refractivity contribution in [2.24, 2.45) is 0 Å². The van der Waals surface area contributed by atoms with E-state index < -0.39 is 0 Å². The normalized spacial score (nSPS) is 19.7. The van der Waals surface area contributed by atoms with E-state index in [1.54, 1.807) is 0 Å². The second-order valence-electron chi connectivity index (χ2n) is 5.13. The van der Waals surface area contributed by atoms with Crippen molar-refractivity contribution in [3.63, 3.8) is 0 Å². The summed E-state index contributed by atoms with van der Waals surface area (Å²) in [6.07, 6.45) is 7.59. The zero-order chi connectivity index (χ0) is 13.1. The van der Waals surface area contributed by atoms with Gasteiger partial charge in [0.2, 0.25) is 0 Å². The molecule has 108 valence electrons. The molecule has 4 nitrogen and oxygen atoms in total. The van der Waals surface area contributed by atoms with E-state index in [0.717, 1.165) is 13.1 Å². The lowest BCUT2D eigenvalue weighted by atomic mass is 10.2. The average molecular weight is 258 g/mol. The van der Waals surface area contributed by atoms with Gasteiger partial charge in [0.15, 0.2) is 0 Å². The fraction of sp³-hybridized carbons (Fsp3) is 1.00. The Morgan fingerprint density at radius 1 is 0.667 bits per heavy atom. The molecule has 0 radical (unpaired) electrons. The van der Waals surface area contributed by atoms with Crippen LogP contribution in [-0.4, -0.2) is 49.8 Å². The second-order valence-corrected chi connectivity index (χ2v) is 5.13. The van der Waals surface area contributed by atoms with Gasteiger partial charge in [-0.3, -0.25) is 9.80 Å². The first-order valence-corrected chi connectivity index (χ1v) is 7.47. The Hall–Kier alpha value is -0.160. The van der Waals surface area contributed by atoms with E-state index in [0.29, 0.717) is 26.9 Å². The number of unbranched alkanes of at least 4 members (excludes halogenated alkanes) is 4. The molecule has 0 aromatic rings. The highest BCUT2D eigenvalue weighted by Crippen LogP contribution is 2.05. The molecule has 1 rings (SSSR count). The lowest BCUT2D eigenvalue weighted by Crippen LogP contribution is -2.40. The highest BCUT2D eigenvalue weighted by molar-refractivity contribution is 4.54. The lowest BCUT2D eigenvalue weighted by Gasteiger charge is -2.30. The number of rotatable bonds is 8. The zero-order valence-corrected chi connectivity index (χ0v) is 12.2. The third-order valence-electron chi connectivity index (χ3n) is 3.25. The third-order valence-corrected chi connectivity index (χ3v) is 3.25. The van der Waals surface area contributed by atoms with Crippen LogP contribution in [0.5, 0.6) is 0 Å². The molecule has 0 unspecified atom stereocenters. The minimum Gasteiger partial charge on any atom is -0.351 e. The van der Waals surface area contributed by atoms with Crippen molar-refractivity contribution in [1.82, 2.24) is 9.80 Å². The van der Waals surface area contributed by atoms with E-state index in [2.05, 4.69) is 23.6 Å². The Morgan fingerprint density at radius 2 is 1.06 bits per heavy atom. The van der Waals surface area contributed by atoms with Crippen LogP contribution < -0.4 is 0 Å². The van der Waals surface area contributed by atoms with Crippen molar-refractivity contribution in [3.8, 4) is 0 Å². The molecule has 0 amide bonds. The molecule has 0 aromatic heterocycles. The van der Waals surface area contributed by atoms with Crippen molar-refractivity contribution in [3.05, 3.63) is 0 Å². The predicted octanol–water partition coefficient (Wildman–Crippen LogP) is 2.85. The van der Waals surface area contributed by atoms with Crippen LogP contribution in [0.1, 0.15) is 52.4 Å². The summed E-state index contributed by atoms with van der Waals surface area (Å²) in [5, 5.41) is 0. The standard InChI is InChI=1S/C14H30N2O2/c1-3-5-7-9-15-11-17-13-16(14-18-12-15)10-8-6-4-2/h3-14H2,1-2H3. The van der Waals surface area contributed by atoms with E-state index in [4.69, 9.17) is 9.47 Å². The van der Waals surface area contributed by atoms with Gasteiger partial charge >= 0.3 is 0 Å². The highest BCUT2D eigenvalue weighted by atomic mass is 16.5. The van der Waals surface area contributed by atoms with Crippen LogP contribution in [0.3, 0.4) is 0 Å². The van der Waals surface area contributed by atoms with Crippen LogP contribution in [0.15, 0.2) is 0 Å². The third kappa shape index (κ3) is 7.31. The predicted molar refractivity (Wildman–Crippen MR) is 74.1 cm³/mol. The van der Waals surface area contributed by atoms with Gasteiger partial charge in [-0.2, -0.15) is 0 Å². The smallest absolute Gasteiger partial charge is 0.103 e. The van der Waals surface area contributed by atoms with Crippen molar-refractivity contribution in [2.45, 2.75) is 52.4 Å². The molecule has 0 atom stereocenters. The molecule has 0 bridgehead atoms. The van der Waals surface area contributed by atoms with Crippen LogP contribution in [0.25, 0.3) is 0 Å². The molecule has 1 heterocycles. The summed E-state index contributed by atoms with van der Waals surface area (Å²) < 4.78 is 11.5. The molecular weight excluding hydrogens is 228 g/mol. The number of hydrogen-bond donors (Lipinski definition) is 0. The van der Waals surface area contributed by atoms with E-state index in [1.807, 2.05) is 0 Å². The average Bonchev–Trinajstić information content (AvgIpc) is 2.34. The largest absolute Gasteiger partial charge is 0.351 e. The Bertz CT molecular complexity index is 163. The second kappa shape index (κ2) is 10.7. The number of ether oxygens (including phenoxy) is 2. The monoisotopic (exact) mass is 258 g/mol. The van der Waals surface area contributed by atoms with E-state index in [1.165, 1.54) is 38.5 Å². The summed E-state index contributed by atoms with van der Waals surface area (Å²) >= 11 is 0. The molecule has 1 fully saturated rings. The topological polar surface area (TPSA) is 24.9 Å². The van der Waals surface area contributed by atoms with Gasteiger partial charge in [0.25, 0.3) is 0 Å². The minimum atomic E-state index is 0.702. The number of hydrogen-bond acceptors (Lipinski definition) is 4. The summed E-state index contributed by atoms with van der Waals surface area (Å²) in [6.45, 7) is 9.45.